The second-order valence-corrected chi connectivity index (χ2v) is 5.67. The first-order chi connectivity index (χ1) is 10.2. The summed E-state index contributed by atoms with van der Waals surface area (Å²) in [6.07, 6.45) is 0. The lowest BCUT2D eigenvalue weighted by atomic mass is 10.0. The molecule has 0 atom stereocenters. The van der Waals surface area contributed by atoms with E-state index >= 15 is 0 Å². The summed E-state index contributed by atoms with van der Waals surface area (Å²) in [6.45, 7) is 0. The molecule has 0 bridgehead atoms. The van der Waals surface area contributed by atoms with Crippen molar-refractivity contribution in [1.82, 2.24) is 4.98 Å². The first kappa shape index (κ1) is 12.4. The molecule has 0 spiro atoms. The van der Waals surface area contributed by atoms with Crippen molar-refractivity contribution in [2.45, 2.75) is 0 Å². The van der Waals surface area contributed by atoms with Crippen LogP contribution in [0.3, 0.4) is 0 Å². The number of halogens is 1. The molecule has 21 heavy (non-hydrogen) atoms. The van der Waals surface area contributed by atoms with Gasteiger partial charge in [-0.3, -0.25) is 0 Å². The van der Waals surface area contributed by atoms with Crippen molar-refractivity contribution in [2.24, 2.45) is 0 Å². The lowest BCUT2D eigenvalue weighted by molar-refractivity contribution is 0.476. The second-order valence-electron chi connectivity index (χ2n) is 4.81. The molecule has 0 aliphatic heterocycles. The molecule has 0 amide bonds. The van der Waals surface area contributed by atoms with Crippen molar-refractivity contribution in [2.75, 3.05) is 0 Å². The Kier molecular flexibility index (Phi) is 2.72. The van der Waals surface area contributed by atoms with Crippen molar-refractivity contribution in [3.05, 3.63) is 59.1 Å². The Bertz CT molecular complexity index is 975. The van der Waals surface area contributed by atoms with Crippen LogP contribution < -0.4 is 0 Å². The molecule has 1 N–H and O–H groups in total. The van der Waals surface area contributed by atoms with Crippen LogP contribution in [0.4, 0.5) is 0 Å². The highest BCUT2D eigenvalue weighted by Gasteiger charge is 2.12. The maximum absolute atomic E-state index is 9.53. The van der Waals surface area contributed by atoms with Crippen LogP contribution in [0.25, 0.3) is 33.3 Å². The van der Waals surface area contributed by atoms with Gasteiger partial charge < -0.3 is 9.52 Å². The Balaban J connectivity index is 2.02. The number of aromatic hydroxyl groups is 1. The molecule has 3 nitrogen and oxygen atoms in total. The van der Waals surface area contributed by atoms with Crippen LogP contribution in [-0.4, -0.2) is 10.1 Å². The van der Waals surface area contributed by atoms with E-state index in [1.807, 2.05) is 30.3 Å². The molecule has 4 aromatic rings. The van der Waals surface area contributed by atoms with E-state index in [9.17, 15) is 5.11 Å². The average Bonchev–Trinajstić information content (AvgIpc) is 2.90. The maximum atomic E-state index is 9.53. The molecule has 1 heterocycles. The minimum Gasteiger partial charge on any atom is -0.508 e. The molecular formula is C17H10BrNO2. The summed E-state index contributed by atoms with van der Waals surface area (Å²) in [7, 11) is 0. The fourth-order valence-electron chi connectivity index (χ4n) is 2.49. The highest BCUT2D eigenvalue weighted by Crippen LogP contribution is 2.34. The molecule has 102 valence electrons. The van der Waals surface area contributed by atoms with E-state index < -0.39 is 0 Å². The quantitative estimate of drug-likeness (QED) is 0.523. The Morgan fingerprint density at radius 3 is 2.67 bits per heavy atom. The summed E-state index contributed by atoms with van der Waals surface area (Å²) in [5.41, 5.74) is 2.25. The average molecular weight is 340 g/mol. The first-order valence-electron chi connectivity index (χ1n) is 6.49. The molecule has 0 fully saturated rings. The Morgan fingerprint density at radius 1 is 0.952 bits per heavy atom. The number of phenolic OH excluding ortho intramolecular Hbond substituents is 1. The summed E-state index contributed by atoms with van der Waals surface area (Å²) >= 11 is 3.56. The van der Waals surface area contributed by atoms with E-state index in [2.05, 4.69) is 27.0 Å². The molecular weight excluding hydrogens is 330 g/mol. The van der Waals surface area contributed by atoms with E-state index in [0.29, 0.717) is 17.0 Å². The zero-order valence-corrected chi connectivity index (χ0v) is 12.5. The maximum Gasteiger partial charge on any atom is 0.227 e. The lowest BCUT2D eigenvalue weighted by Gasteiger charge is -2.04. The van der Waals surface area contributed by atoms with Crippen molar-refractivity contribution in [3.63, 3.8) is 0 Å². The minimum absolute atomic E-state index is 0.183. The number of benzene rings is 3. The van der Waals surface area contributed by atoms with Crippen LogP contribution in [0.1, 0.15) is 0 Å². The number of hydrogen-bond acceptors (Lipinski definition) is 3. The molecule has 1 aromatic heterocycles. The van der Waals surface area contributed by atoms with Crippen molar-refractivity contribution in [1.29, 1.82) is 0 Å². The van der Waals surface area contributed by atoms with Gasteiger partial charge in [0.15, 0.2) is 5.58 Å². The Hall–Kier alpha value is -2.33. The van der Waals surface area contributed by atoms with Gasteiger partial charge >= 0.3 is 0 Å². The van der Waals surface area contributed by atoms with Gasteiger partial charge in [0, 0.05) is 16.1 Å². The molecule has 0 unspecified atom stereocenters. The third-order valence-electron chi connectivity index (χ3n) is 3.47. The molecule has 0 saturated carbocycles. The number of aromatic nitrogens is 1. The third-order valence-corrected chi connectivity index (χ3v) is 4.16. The minimum atomic E-state index is 0.183. The molecule has 0 saturated heterocycles. The van der Waals surface area contributed by atoms with Gasteiger partial charge in [0.2, 0.25) is 5.89 Å². The largest absolute Gasteiger partial charge is 0.508 e. The number of rotatable bonds is 1. The SMILES string of the molecule is Oc1ccc2oc(-c3cccc4c(Br)cccc34)nc2c1. The summed E-state index contributed by atoms with van der Waals surface area (Å²) in [6, 6.07) is 17.0. The standard InChI is InChI=1S/C17H10BrNO2/c18-14-6-2-3-11-12(14)4-1-5-13(11)17-19-15-9-10(20)7-8-16(15)21-17/h1-9,20H. The zero-order chi connectivity index (χ0) is 14.4. The highest BCUT2D eigenvalue weighted by atomic mass is 79.9. The van der Waals surface area contributed by atoms with Crippen LogP contribution >= 0.6 is 15.9 Å². The first-order valence-corrected chi connectivity index (χ1v) is 7.29. The predicted octanol–water partition coefficient (Wildman–Crippen LogP) is 5.12. The van der Waals surface area contributed by atoms with Crippen LogP contribution in [0.15, 0.2) is 63.5 Å². The van der Waals surface area contributed by atoms with Crippen LogP contribution in [-0.2, 0) is 0 Å². The fourth-order valence-corrected chi connectivity index (χ4v) is 2.99. The number of fused-ring (bicyclic) bond motifs is 2. The van der Waals surface area contributed by atoms with Crippen molar-refractivity contribution < 1.29 is 9.52 Å². The predicted molar refractivity (Wildman–Crippen MR) is 86.3 cm³/mol. The topological polar surface area (TPSA) is 46.3 Å². The van der Waals surface area contributed by atoms with Gasteiger partial charge in [-0.15, -0.1) is 0 Å². The number of oxazole rings is 1. The molecule has 0 aliphatic rings. The number of phenols is 1. The van der Waals surface area contributed by atoms with E-state index in [4.69, 9.17) is 4.42 Å². The molecule has 4 heteroatoms. The number of nitrogens with zero attached hydrogens (tertiary/aromatic N) is 1. The van der Waals surface area contributed by atoms with Crippen LogP contribution in [0, 0.1) is 0 Å². The summed E-state index contributed by atoms with van der Waals surface area (Å²) in [5, 5.41) is 11.7. The number of hydrogen-bond donors (Lipinski definition) is 1. The van der Waals surface area contributed by atoms with E-state index in [-0.39, 0.29) is 5.75 Å². The van der Waals surface area contributed by atoms with Gasteiger partial charge in [-0.05, 0) is 35.0 Å². The van der Waals surface area contributed by atoms with E-state index in [1.54, 1.807) is 18.2 Å². The Labute approximate surface area is 129 Å². The summed E-state index contributed by atoms with van der Waals surface area (Å²) in [4.78, 5) is 4.48. The lowest BCUT2D eigenvalue weighted by Crippen LogP contribution is -1.82. The summed E-state index contributed by atoms with van der Waals surface area (Å²) < 4.78 is 6.86. The van der Waals surface area contributed by atoms with Crippen LogP contribution in [0.5, 0.6) is 5.75 Å². The van der Waals surface area contributed by atoms with E-state index in [0.717, 1.165) is 20.8 Å². The zero-order valence-electron chi connectivity index (χ0n) is 10.9. The third kappa shape index (κ3) is 1.99. The molecule has 0 aliphatic carbocycles. The Morgan fingerprint density at radius 2 is 1.76 bits per heavy atom. The monoisotopic (exact) mass is 339 g/mol. The smallest absolute Gasteiger partial charge is 0.227 e. The van der Waals surface area contributed by atoms with Crippen molar-refractivity contribution in [3.8, 4) is 17.2 Å². The molecule has 4 rings (SSSR count). The summed E-state index contributed by atoms with van der Waals surface area (Å²) in [5.74, 6) is 0.738. The second kappa shape index (κ2) is 4.60. The van der Waals surface area contributed by atoms with Crippen molar-refractivity contribution >= 4 is 37.8 Å². The van der Waals surface area contributed by atoms with Gasteiger partial charge in [-0.25, -0.2) is 4.98 Å². The van der Waals surface area contributed by atoms with Gasteiger partial charge in [0.1, 0.15) is 11.3 Å². The molecule has 3 aromatic carbocycles. The normalized spacial score (nSPS) is 11.3. The van der Waals surface area contributed by atoms with Gasteiger partial charge in [-0.2, -0.15) is 0 Å². The highest BCUT2D eigenvalue weighted by molar-refractivity contribution is 9.10. The van der Waals surface area contributed by atoms with E-state index in [1.165, 1.54) is 0 Å². The molecule has 0 radical (unpaired) electrons. The van der Waals surface area contributed by atoms with Crippen LogP contribution in [0.2, 0.25) is 0 Å². The van der Waals surface area contributed by atoms with Gasteiger partial charge in [0.25, 0.3) is 0 Å². The fraction of sp³-hybridized carbons (Fsp3) is 0. The van der Waals surface area contributed by atoms with Gasteiger partial charge in [0.05, 0.1) is 0 Å². The van der Waals surface area contributed by atoms with Gasteiger partial charge in [-0.1, -0.05) is 40.2 Å².